The fourth-order valence-corrected chi connectivity index (χ4v) is 3.36. The number of nitrogens with zero attached hydrogens (tertiary/aromatic N) is 1. The fourth-order valence-electron chi connectivity index (χ4n) is 3.19. The van der Waals surface area contributed by atoms with Gasteiger partial charge in [-0.2, -0.15) is 0 Å². The van der Waals surface area contributed by atoms with Gasteiger partial charge in [0.25, 0.3) is 0 Å². The lowest BCUT2D eigenvalue weighted by Gasteiger charge is -2.32. The highest BCUT2D eigenvalue weighted by atomic mass is 35.5. The summed E-state index contributed by atoms with van der Waals surface area (Å²) in [6, 6.07) is 7.03. The summed E-state index contributed by atoms with van der Waals surface area (Å²) in [5.74, 6) is 0. The van der Waals surface area contributed by atoms with E-state index in [2.05, 4.69) is 36.2 Å². The molecular weight excluding hydrogens is 268 g/mol. The highest BCUT2D eigenvalue weighted by Crippen LogP contribution is 2.32. The van der Waals surface area contributed by atoms with Gasteiger partial charge in [0.15, 0.2) is 0 Å². The van der Waals surface area contributed by atoms with Crippen LogP contribution in [0.15, 0.2) is 18.2 Å². The monoisotopic (exact) mass is 294 g/mol. The lowest BCUT2D eigenvalue weighted by molar-refractivity contribution is 0.612. The molecule has 1 saturated carbocycles. The number of rotatable bonds is 7. The number of halogens is 1. The second kappa shape index (κ2) is 7.90. The second-order valence-corrected chi connectivity index (χ2v) is 6.11. The van der Waals surface area contributed by atoms with Crippen molar-refractivity contribution in [3.63, 3.8) is 0 Å². The van der Waals surface area contributed by atoms with E-state index in [1.807, 2.05) is 6.07 Å². The molecule has 0 aromatic heterocycles. The Hall–Kier alpha value is -0.730. The summed E-state index contributed by atoms with van der Waals surface area (Å²) in [4.78, 5) is 2.56. The maximum absolute atomic E-state index is 6.24. The Morgan fingerprint density at radius 1 is 1.25 bits per heavy atom. The quantitative estimate of drug-likeness (QED) is 0.739. The first-order chi connectivity index (χ1) is 9.76. The molecular formula is C17H27ClN2. The molecule has 112 valence electrons. The van der Waals surface area contributed by atoms with Crippen LogP contribution in [0, 0.1) is 0 Å². The van der Waals surface area contributed by atoms with Gasteiger partial charge in [-0.1, -0.05) is 37.4 Å². The third-order valence-electron chi connectivity index (χ3n) is 4.21. The first-order valence-electron chi connectivity index (χ1n) is 8.02. The van der Waals surface area contributed by atoms with Gasteiger partial charge in [-0.3, -0.25) is 0 Å². The average molecular weight is 295 g/mol. The Kier molecular flexibility index (Phi) is 6.18. The number of nitrogens with one attached hydrogen (secondary N) is 1. The maximum Gasteiger partial charge on any atom is 0.0429 e. The summed E-state index contributed by atoms with van der Waals surface area (Å²) in [5, 5.41) is 4.35. The Morgan fingerprint density at radius 3 is 2.65 bits per heavy atom. The van der Waals surface area contributed by atoms with Gasteiger partial charge in [-0.05, 0) is 50.4 Å². The van der Waals surface area contributed by atoms with E-state index in [1.165, 1.54) is 43.4 Å². The van der Waals surface area contributed by atoms with Crippen LogP contribution in [0.4, 0.5) is 5.69 Å². The van der Waals surface area contributed by atoms with E-state index >= 15 is 0 Å². The molecule has 0 spiro atoms. The number of benzene rings is 1. The SMILES string of the molecule is CCCNCc1ccc(Cl)cc1N(CC)C1CCCC1. The van der Waals surface area contributed by atoms with Gasteiger partial charge in [0, 0.05) is 29.8 Å². The van der Waals surface area contributed by atoms with Gasteiger partial charge in [-0.15, -0.1) is 0 Å². The molecule has 0 radical (unpaired) electrons. The van der Waals surface area contributed by atoms with Gasteiger partial charge in [0.2, 0.25) is 0 Å². The largest absolute Gasteiger partial charge is 0.369 e. The minimum atomic E-state index is 0.698. The van der Waals surface area contributed by atoms with Gasteiger partial charge in [0.05, 0.1) is 0 Å². The summed E-state index contributed by atoms with van der Waals surface area (Å²) in [7, 11) is 0. The van der Waals surface area contributed by atoms with Crippen LogP contribution in [0.1, 0.15) is 51.5 Å². The summed E-state index contributed by atoms with van der Waals surface area (Å²) in [6.45, 7) is 7.52. The highest BCUT2D eigenvalue weighted by Gasteiger charge is 2.23. The molecule has 0 heterocycles. The molecule has 2 nitrogen and oxygen atoms in total. The van der Waals surface area contributed by atoms with Crippen LogP contribution >= 0.6 is 11.6 Å². The van der Waals surface area contributed by atoms with Gasteiger partial charge >= 0.3 is 0 Å². The summed E-state index contributed by atoms with van der Waals surface area (Å²) in [5.41, 5.74) is 2.70. The molecule has 0 aliphatic heterocycles. The van der Waals surface area contributed by atoms with Crippen molar-refractivity contribution in [1.82, 2.24) is 5.32 Å². The van der Waals surface area contributed by atoms with E-state index in [0.29, 0.717) is 6.04 Å². The van der Waals surface area contributed by atoms with Crippen LogP contribution in [0.3, 0.4) is 0 Å². The first kappa shape index (κ1) is 15.7. The number of hydrogen-bond donors (Lipinski definition) is 1. The van der Waals surface area contributed by atoms with Crippen LogP contribution in [0.25, 0.3) is 0 Å². The lowest BCUT2D eigenvalue weighted by atomic mass is 10.1. The van der Waals surface area contributed by atoms with Crippen molar-refractivity contribution in [1.29, 1.82) is 0 Å². The first-order valence-corrected chi connectivity index (χ1v) is 8.39. The lowest BCUT2D eigenvalue weighted by Crippen LogP contribution is -2.34. The molecule has 20 heavy (non-hydrogen) atoms. The van der Waals surface area contributed by atoms with E-state index in [4.69, 9.17) is 11.6 Å². The van der Waals surface area contributed by atoms with Crippen LogP contribution in [0.5, 0.6) is 0 Å². The fraction of sp³-hybridized carbons (Fsp3) is 0.647. The number of hydrogen-bond acceptors (Lipinski definition) is 2. The van der Waals surface area contributed by atoms with Crippen LogP contribution in [-0.2, 0) is 6.54 Å². The van der Waals surface area contributed by atoms with Crippen molar-refractivity contribution in [3.8, 4) is 0 Å². The minimum Gasteiger partial charge on any atom is -0.369 e. The molecule has 0 atom stereocenters. The van der Waals surface area contributed by atoms with E-state index < -0.39 is 0 Å². The topological polar surface area (TPSA) is 15.3 Å². The van der Waals surface area contributed by atoms with Gasteiger partial charge in [-0.25, -0.2) is 0 Å². The zero-order chi connectivity index (χ0) is 14.4. The van der Waals surface area contributed by atoms with Crippen molar-refractivity contribution in [2.75, 3.05) is 18.0 Å². The molecule has 1 aromatic rings. The van der Waals surface area contributed by atoms with Crippen molar-refractivity contribution < 1.29 is 0 Å². The molecule has 3 heteroatoms. The maximum atomic E-state index is 6.24. The summed E-state index contributed by atoms with van der Waals surface area (Å²) in [6.07, 6.45) is 6.55. The van der Waals surface area contributed by atoms with Gasteiger partial charge < -0.3 is 10.2 Å². The molecule has 0 bridgehead atoms. The third kappa shape index (κ3) is 3.89. The second-order valence-electron chi connectivity index (χ2n) is 5.67. The standard InChI is InChI=1S/C17H27ClN2/c1-3-11-19-13-14-9-10-15(18)12-17(14)20(4-2)16-7-5-6-8-16/h9-10,12,16,19H,3-8,11,13H2,1-2H3. The van der Waals surface area contributed by atoms with Gasteiger partial charge in [0.1, 0.15) is 0 Å². The predicted octanol–water partition coefficient (Wildman–Crippen LogP) is 4.61. The minimum absolute atomic E-state index is 0.698. The van der Waals surface area contributed by atoms with E-state index in [1.54, 1.807) is 0 Å². The van der Waals surface area contributed by atoms with E-state index in [0.717, 1.165) is 24.7 Å². The molecule has 1 aliphatic carbocycles. The zero-order valence-electron chi connectivity index (χ0n) is 12.8. The summed E-state index contributed by atoms with van der Waals surface area (Å²) >= 11 is 6.24. The van der Waals surface area contributed by atoms with Crippen LogP contribution in [0.2, 0.25) is 5.02 Å². The predicted molar refractivity (Wildman–Crippen MR) is 88.7 cm³/mol. The van der Waals surface area contributed by atoms with Crippen molar-refractivity contribution in [3.05, 3.63) is 28.8 Å². The molecule has 0 saturated heterocycles. The zero-order valence-corrected chi connectivity index (χ0v) is 13.5. The molecule has 0 unspecified atom stereocenters. The Labute approximate surface area is 128 Å². The highest BCUT2D eigenvalue weighted by molar-refractivity contribution is 6.30. The smallest absolute Gasteiger partial charge is 0.0429 e. The number of anilines is 1. The van der Waals surface area contributed by atoms with Crippen LogP contribution < -0.4 is 10.2 Å². The van der Waals surface area contributed by atoms with Crippen molar-refractivity contribution >= 4 is 17.3 Å². The Bertz CT molecular complexity index is 413. The summed E-state index contributed by atoms with van der Waals surface area (Å²) < 4.78 is 0. The molecule has 2 rings (SSSR count). The molecule has 1 aromatic carbocycles. The average Bonchev–Trinajstić information content (AvgIpc) is 2.96. The van der Waals surface area contributed by atoms with Crippen LogP contribution in [-0.4, -0.2) is 19.1 Å². The molecule has 1 N–H and O–H groups in total. The normalized spacial score (nSPS) is 15.8. The molecule has 0 amide bonds. The third-order valence-corrected chi connectivity index (χ3v) is 4.44. The van der Waals surface area contributed by atoms with Crippen molar-refractivity contribution in [2.45, 2.75) is 58.5 Å². The Morgan fingerprint density at radius 2 is 2.00 bits per heavy atom. The Balaban J connectivity index is 2.19. The van der Waals surface area contributed by atoms with Crippen molar-refractivity contribution in [2.24, 2.45) is 0 Å². The molecule has 1 aliphatic rings. The van der Waals surface area contributed by atoms with E-state index in [-0.39, 0.29) is 0 Å². The van der Waals surface area contributed by atoms with E-state index in [9.17, 15) is 0 Å². The molecule has 1 fully saturated rings.